The van der Waals surface area contributed by atoms with E-state index in [-0.39, 0.29) is 5.78 Å². The molecule has 0 unspecified atom stereocenters. The second-order valence-corrected chi connectivity index (χ2v) is 6.44. The average Bonchev–Trinajstić information content (AvgIpc) is 2.60. The van der Waals surface area contributed by atoms with Gasteiger partial charge >= 0.3 is 0 Å². The fraction of sp³-hybridized carbons (Fsp3) is 0.125. The molecule has 0 fully saturated rings. The molecule has 0 amide bonds. The highest BCUT2D eigenvalue weighted by atomic mass is 16.1. The number of benzene rings is 3. The van der Waals surface area contributed by atoms with E-state index in [0.717, 1.165) is 33.4 Å². The topological polar surface area (TPSA) is 17.1 Å². The highest BCUT2D eigenvalue weighted by Gasteiger charge is 2.18. The van der Waals surface area contributed by atoms with Crippen molar-refractivity contribution in [2.75, 3.05) is 0 Å². The van der Waals surface area contributed by atoms with Crippen LogP contribution >= 0.6 is 0 Å². The second kappa shape index (κ2) is 7.31. The number of hydrogen-bond donors (Lipinski definition) is 0. The van der Waals surface area contributed by atoms with Crippen LogP contribution in [-0.2, 0) is 0 Å². The molecular formula is C24H22O. The molecule has 1 heteroatoms. The molecule has 0 radical (unpaired) electrons. The molecule has 25 heavy (non-hydrogen) atoms. The lowest BCUT2D eigenvalue weighted by Gasteiger charge is -2.13. The highest BCUT2D eigenvalue weighted by molar-refractivity contribution is 6.33. The van der Waals surface area contributed by atoms with Crippen LogP contribution in [0.2, 0.25) is 0 Å². The quantitative estimate of drug-likeness (QED) is 0.325. The minimum Gasteiger partial charge on any atom is -0.289 e. The van der Waals surface area contributed by atoms with Crippen molar-refractivity contribution in [3.05, 3.63) is 106 Å². The Morgan fingerprint density at radius 2 is 1.28 bits per heavy atom. The highest BCUT2D eigenvalue weighted by Crippen LogP contribution is 2.27. The van der Waals surface area contributed by atoms with Crippen LogP contribution in [0, 0.1) is 20.8 Å². The van der Waals surface area contributed by atoms with Gasteiger partial charge in [0.1, 0.15) is 0 Å². The van der Waals surface area contributed by atoms with Gasteiger partial charge in [-0.15, -0.1) is 0 Å². The van der Waals surface area contributed by atoms with Crippen LogP contribution in [0.5, 0.6) is 0 Å². The van der Waals surface area contributed by atoms with Crippen LogP contribution in [0.3, 0.4) is 0 Å². The molecule has 0 saturated heterocycles. The summed E-state index contributed by atoms with van der Waals surface area (Å²) < 4.78 is 0. The molecule has 0 spiro atoms. The third-order valence-electron chi connectivity index (χ3n) is 4.34. The molecule has 3 rings (SSSR count). The van der Waals surface area contributed by atoms with Crippen LogP contribution < -0.4 is 0 Å². The minimum atomic E-state index is 0.0741. The Balaban J connectivity index is 2.16. The predicted octanol–water partition coefficient (Wildman–Crippen LogP) is 6.04. The average molecular weight is 326 g/mol. The van der Waals surface area contributed by atoms with Gasteiger partial charge in [0.2, 0.25) is 0 Å². The van der Waals surface area contributed by atoms with Crippen molar-refractivity contribution >= 4 is 17.4 Å². The first-order chi connectivity index (χ1) is 12.1. The monoisotopic (exact) mass is 326 g/mol. The molecule has 0 saturated carbocycles. The zero-order valence-corrected chi connectivity index (χ0v) is 14.9. The van der Waals surface area contributed by atoms with Crippen molar-refractivity contribution in [3.63, 3.8) is 0 Å². The summed E-state index contributed by atoms with van der Waals surface area (Å²) in [5.74, 6) is 0.0741. The Morgan fingerprint density at radius 3 is 1.84 bits per heavy atom. The fourth-order valence-corrected chi connectivity index (χ4v) is 3.29. The van der Waals surface area contributed by atoms with Crippen LogP contribution in [0.4, 0.5) is 0 Å². The van der Waals surface area contributed by atoms with Gasteiger partial charge < -0.3 is 0 Å². The normalized spacial score (nSPS) is 11.4. The summed E-state index contributed by atoms with van der Waals surface area (Å²) >= 11 is 0. The zero-order valence-electron chi connectivity index (χ0n) is 14.9. The molecule has 1 nitrogen and oxygen atoms in total. The van der Waals surface area contributed by atoms with Gasteiger partial charge in [-0.1, -0.05) is 78.4 Å². The lowest BCUT2D eigenvalue weighted by atomic mass is 9.89. The molecule has 0 bridgehead atoms. The van der Waals surface area contributed by atoms with Crippen LogP contribution in [0.15, 0.2) is 72.8 Å². The maximum atomic E-state index is 13.4. The van der Waals surface area contributed by atoms with E-state index >= 15 is 0 Å². The molecular weight excluding hydrogens is 304 g/mol. The van der Waals surface area contributed by atoms with Crippen molar-refractivity contribution < 1.29 is 4.79 Å². The molecule has 3 aromatic rings. The lowest BCUT2D eigenvalue weighted by molar-refractivity contribution is 0.105. The number of Topliss-reactive ketones (excluding diaryl/α,β-unsaturated/α-hetero) is 1. The predicted molar refractivity (Wildman–Crippen MR) is 106 cm³/mol. The summed E-state index contributed by atoms with van der Waals surface area (Å²) in [6.07, 6.45) is 1.98. The van der Waals surface area contributed by atoms with E-state index in [0.29, 0.717) is 0 Å². The van der Waals surface area contributed by atoms with E-state index in [1.54, 1.807) is 0 Å². The van der Waals surface area contributed by atoms with Crippen molar-refractivity contribution in [3.8, 4) is 0 Å². The molecule has 0 aliphatic carbocycles. The third-order valence-corrected chi connectivity index (χ3v) is 4.34. The van der Waals surface area contributed by atoms with E-state index < -0.39 is 0 Å². The third kappa shape index (κ3) is 3.77. The van der Waals surface area contributed by atoms with Crippen molar-refractivity contribution in [2.24, 2.45) is 0 Å². The minimum absolute atomic E-state index is 0.0741. The number of allylic oxidation sites excluding steroid dienone is 1. The van der Waals surface area contributed by atoms with Gasteiger partial charge in [0.15, 0.2) is 5.78 Å². The number of rotatable bonds is 4. The number of hydrogen-bond acceptors (Lipinski definition) is 1. The fourth-order valence-electron chi connectivity index (χ4n) is 3.29. The standard InChI is InChI=1S/C24H22O/c1-17-14-18(2)23(19(3)15-17)24(25)22(21-12-8-5-9-13-21)16-20-10-6-4-7-11-20/h4-16H,1-3H3. The zero-order chi connectivity index (χ0) is 17.8. The molecule has 0 N–H and O–H groups in total. The Labute approximate surface area is 149 Å². The van der Waals surface area contributed by atoms with E-state index in [4.69, 9.17) is 0 Å². The lowest BCUT2D eigenvalue weighted by Crippen LogP contribution is -2.08. The Kier molecular flexibility index (Phi) is 4.95. The number of carbonyl (C=O) groups is 1. The van der Waals surface area contributed by atoms with Gasteiger partial charge in [-0.2, -0.15) is 0 Å². The van der Waals surface area contributed by atoms with Gasteiger partial charge in [0.25, 0.3) is 0 Å². The van der Waals surface area contributed by atoms with E-state index in [1.807, 2.05) is 80.6 Å². The first kappa shape index (κ1) is 16.9. The second-order valence-electron chi connectivity index (χ2n) is 6.44. The number of aryl methyl sites for hydroxylation is 3. The summed E-state index contributed by atoms with van der Waals surface area (Å²) in [5, 5.41) is 0. The van der Waals surface area contributed by atoms with E-state index in [9.17, 15) is 4.79 Å². The van der Waals surface area contributed by atoms with Crippen molar-refractivity contribution in [2.45, 2.75) is 20.8 Å². The maximum absolute atomic E-state index is 13.4. The van der Waals surface area contributed by atoms with Gasteiger partial charge in [-0.25, -0.2) is 0 Å². The van der Waals surface area contributed by atoms with Crippen molar-refractivity contribution in [1.29, 1.82) is 0 Å². The van der Waals surface area contributed by atoms with Gasteiger partial charge in [0, 0.05) is 11.1 Å². The maximum Gasteiger partial charge on any atom is 0.194 e. The Hall–Kier alpha value is -2.93. The Morgan fingerprint density at radius 1 is 0.760 bits per heavy atom. The van der Waals surface area contributed by atoms with Gasteiger partial charge in [-0.3, -0.25) is 4.79 Å². The number of carbonyl (C=O) groups excluding carboxylic acids is 1. The van der Waals surface area contributed by atoms with Gasteiger partial charge in [-0.05, 0) is 49.1 Å². The SMILES string of the molecule is Cc1cc(C)c(C(=O)C(=Cc2ccccc2)c2ccccc2)c(C)c1. The molecule has 0 heterocycles. The van der Waals surface area contributed by atoms with E-state index in [1.165, 1.54) is 5.56 Å². The first-order valence-electron chi connectivity index (χ1n) is 8.51. The van der Waals surface area contributed by atoms with Crippen LogP contribution in [0.25, 0.3) is 11.6 Å². The first-order valence-corrected chi connectivity index (χ1v) is 8.51. The summed E-state index contributed by atoms with van der Waals surface area (Å²) in [4.78, 5) is 13.4. The van der Waals surface area contributed by atoms with Crippen molar-refractivity contribution in [1.82, 2.24) is 0 Å². The van der Waals surface area contributed by atoms with Gasteiger partial charge in [0.05, 0.1) is 0 Å². The molecule has 0 aliphatic rings. The summed E-state index contributed by atoms with van der Waals surface area (Å²) in [6, 6.07) is 24.0. The smallest absolute Gasteiger partial charge is 0.194 e. The van der Waals surface area contributed by atoms with E-state index in [2.05, 4.69) is 19.1 Å². The number of ketones is 1. The molecule has 0 atom stereocenters. The summed E-state index contributed by atoms with van der Waals surface area (Å²) in [6.45, 7) is 6.09. The molecule has 0 aliphatic heterocycles. The largest absolute Gasteiger partial charge is 0.289 e. The molecule has 124 valence electrons. The molecule has 0 aromatic heterocycles. The summed E-state index contributed by atoms with van der Waals surface area (Å²) in [5.41, 5.74) is 6.72. The summed E-state index contributed by atoms with van der Waals surface area (Å²) in [7, 11) is 0. The Bertz CT molecular complexity index is 896. The van der Waals surface area contributed by atoms with Crippen LogP contribution in [-0.4, -0.2) is 5.78 Å². The molecule has 3 aromatic carbocycles. The van der Waals surface area contributed by atoms with Crippen LogP contribution in [0.1, 0.15) is 38.2 Å².